The van der Waals surface area contributed by atoms with E-state index in [0.29, 0.717) is 11.1 Å². The second-order valence-corrected chi connectivity index (χ2v) is 3.89. The van der Waals surface area contributed by atoms with Crippen LogP contribution in [0.5, 0.6) is 5.75 Å². The van der Waals surface area contributed by atoms with Gasteiger partial charge in [0.2, 0.25) is 0 Å². The van der Waals surface area contributed by atoms with E-state index in [1.165, 1.54) is 12.1 Å². The number of aromatic hydroxyl groups is 1. The Morgan fingerprint density at radius 2 is 1.47 bits per heavy atom. The molecular formula is C14H10O5. The smallest absolute Gasteiger partial charge is 0.340 e. The minimum Gasteiger partial charge on any atom is -0.507 e. The first-order chi connectivity index (χ1) is 9.00. The number of carboxylic acids is 2. The van der Waals surface area contributed by atoms with Crippen molar-refractivity contribution in [3.63, 3.8) is 0 Å². The largest absolute Gasteiger partial charge is 0.507 e. The molecule has 0 amide bonds. The van der Waals surface area contributed by atoms with Gasteiger partial charge in [0.05, 0.1) is 5.56 Å². The zero-order valence-electron chi connectivity index (χ0n) is 9.70. The lowest BCUT2D eigenvalue weighted by atomic mass is 9.98. The third-order valence-corrected chi connectivity index (χ3v) is 2.67. The van der Waals surface area contributed by atoms with Crippen molar-refractivity contribution in [3.05, 3.63) is 53.6 Å². The van der Waals surface area contributed by atoms with Gasteiger partial charge in [-0.05, 0) is 23.3 Å². The van der Waals surface area contributed by atoms with Gasteiger partial charge in [-0.25, -0.2) is 9.59 Å². The maximum absolute atomic E-state index is 11.1. The minimum absolute atomic E-state index is 0.439. The van der Waals surface area contributed by atoms with Gasteiger partial charge in [0.15, 0.2) is 0 Å². The van der Waals surface area contributed by atoms with Crippen LogP contribution in [0.2, 0.25) is 0 Å². The summed E-state index contributed by atoms with van der Waals surface area (Å²) in [6.07, 6.45) is 0. The van der Waals surface area contributed by atoms with Gasteiger partial charge < -0.3 is 15.3 Å². The van der Waals surface area contributed by atoms with E-state index in [0.717, 1.165) is 0 Å². The normalized spacial score (nSPS) is 10.1. The lowest BCUT2D eigenvalue weighted by Gasteiger charge is -2.08. The average Bonchev–Trinajstić information content (AvgIpc) is 2.38. The summed E-state index contributed by atoms with van der Waals surface area (Å²) in [6.45, 7) is 0. The molecule has 0 aliphatic carbocycles. The molecule has 0 saturated carbocycles. The highest BCUT2D eigenvalue weighted by Crippen LogP contribution is 2.29. The van der Waals surface area contributed by atoms with Gasteiger partial charge >= 0.3 is 11.9 Å². The third-order valence-electron chi connectivity index (χ3n) is 2.67. The van der Waals surface area contributed by atoms with Crippen LogP contribution in [0.25, 0.3) is 11.1 Å². The predicted octanol–water partition coefficient (Wildman–Crippen LogP) is 2.46. The van der Waals surface area contributed by atoms with Crippen LogP contribution in [0, 0.1) is 0 Å². The second-order valence-electron chi connectivity index (χ2n) is 3.89. The van der Waals surface area contributed by atoms with Gasteiger partial charge in [-0.3, -0.25) is 0 Å². The van der Waals surface area contributed by atoms with Crippen LogP contribution in [0.1, 0.15) is 20.7 Å². The molecule has 0 aromatic heterocycles. The summed E-state index contributed by atoms with van der Waals surface area (Å²) in [5.74, 6) is -3.44. The summed E-state index contributed by atoms with van der Waals surface area (Å²) >= 11 is 0. The molecule has 0 aliphatic heterocycles. The second kappa shape index (κ2) is 4.81. The van der Waals surface area contributed by atoms with Gasteiger partial charge in [0, 0.05) is 0 Å². The molecular weight excluding hydrogens is 248 g/mol. The van der Waals surface area contributed by atoms with E-state index in [2.05, 4.69) is 0 Å². The molecule has 0 aliphatic rings. The van der Waals surface area contributed by atoms with Crippen LogP contribution in [-0.2, 0) is 0 Å². The van der Waals surface area contributed by atoms with E-state index in [9.17, 15) is 14.7 Å². The lowest BCUT2D eigenvalue weighted by molar-refractivity contribution is 0.0648. The molecule has 2 aromatic carbocycles. The number of benzene rings is 2. The fourth-order valence-electron chi connectivity index (χ4n) is 1.82. The van der Waals surface area contributed by atoms with Crippen molar-refractivity contribution in [2.24, 2.45) is 0 Å². The maximum Gasteiger partial charge on any atom is 0.340 e. The first-order valence-corrected chi connectivity index (χ1v) is 5.39. The van der Waals surface area contributed by atoms with E-state index in [1.807, 2.05) is 0 Å². The Hall–Kier alpha value is -2.82. The minimum atomic E-state index is -1.48. The molecule has 0 bridgehead atoms. The number of carboxylic acid groups (broad SMARTS) is 2. The maximum atomic E-state index is 11.1. The highest BCUT2D eigenvalue weighted by molar-refractivity contribution is 6.04. The number of hydrogen-bond acceptors (Lipinski definition) is 3. The van der Waals surface area contributed by atoms with Gasteiger partial charge in [-0.15, -0.1) is 0 Å². The number of hydrogen-bond donors (Lipinski definition) is 3. The SMILES string of the molecule is O=C(O)c1cc(-c2ccccc2)cc(O)c1C(=O)O. The molecule has 0 fully saturated rings. The molecule has 19 heavy (non-hydrogen) atoms. The molecule has 0 unspecified atom stereocenters. The van der Waals surface area contributed by atoms with E-state index in [4.69, 9.17) is 10.2 Å². The highest BCUT2D eigenvalue weighted by atomic mass is 16.4. The molecule has 0 spiro atoms. The molecule has 0 saturated heterocycles. The van der Waals surface area contributed by atoms with Crippen LogP contribution in [0.3, 0.4) is 0 Å². The van der Waals surface area contributed by atoms with Crippen LogP contribution >= 0.6 is 0 Å². The Morgan fingerprint density at radius 1 is 0.842 bits per heavy atom. The van der Waals surface area contributed by atoms with E-state index < -0.39 is 28.8 Å². The predicted molar refractivity (Wildman–Crippen MR) is 67.5 cm³/mol. The topological polar surface area (TPSA) is 94.8 Å². The van der Waals surface area contributed by atoms with Crippen LogP contribution in [0.15, 0.2) is 42.5 Å². The number of phenols is 1. The summed E-state index contributed by atoms with van der Waals surface area (Å²) in [5.41, 5.74) is 0.0938. The van der Waals surface area contributed by atoms with E-state index in [-0.39, 0.29) is 0 Å². The Balaban J connectivity index is 2.68. The summed E-state index contributed by atoms with van der Waals surface area (Å²) < 4.78 is 0. The fraction of sp³-hybridized carbons (Fsp3) is 0. The Labute approximate surface area is 108 Å². The molecule has 5 heteroatoms. The molecule has 5 nitrogen and oxygen atoms in total. The van der Waals surface area contributed by atoms with Crippen LogP contribution < -0.4 is 0 Å². The van der Waals surface area contributed by atoms with Crippen molar-refractivity contribution in [1.29, 1.82) is 0 Å². The van der Waals surface area contributed by atoms with Gasteiger partial charge in [-0.2, -0.15) is 0 Å². The first kappa shape index (κ1) is 12.6. The number of aromatic carboxylic acids is 2. The first-order valence-electron chi connectivity index (χ1n) is 5.39. The quantitative estimate of drug-likeness (QED) is 0.786. The Morgan fingerprint density at radius 3 is 2.00 bits per heavy atom. The summed E-state index contributed by atoms with van der Waals surface area (Å²) in [5, 5.41) is 27.7. The van der Waals surface area contributed by atoms with Crippen LogP contribution in [0.4, 0.5) is 0 Å². The summed E-state index contributed by atoms with van der Waals surface area (Å²) in [6, 6.07) is 11.3. The zero-order chi connectivity index (χ0) is 14.0. The lowest BCUT2D eigenvalue weighted by Crippen LogP contribution is -2.08. The van der Waals surface area contributed by atoms with Crippen LogP contribution in [-0.4, -0.2) is 27.3 Å². The Kier molecular flexibility index (Phi) is 3.20. The molecule has 0 heterocycles. The molecule has 2 rings (SSSR count). The average molecular weight is 258 g/mol. The molecule has 3 N–H and O–H groups in total. The number of carbonyl (C=O) groups is 2. The van der Waals surface area contributed by atoms with E-state index in [1.54, 1.807) is 30.3 Å². The van der Waals surface area contributed by atoms with Crippen molar-refractivity contribution in [2.45, 2.75) is 0 Å². The monoisotopic (exact) mass is 258 g/mol. The molecule has 0 atom stereocenters. The summed E-state index contributed by atoms with van der Waals surface area (Å²) in [4.78, 5) is 22.1. The highest BCUT2D eigenvalue weighted by Gasteiger charge is 2.21. The van der Waals surface area contributed by atoms with Crippen molar-refractivity contribution >= 4 is 11.9 Å². The number of rotatable bonds is 3. The standard InChI is InChI=1S/C14H10O5/c15-11-7-9(8-4-2-1-3-5-8)6-10(13(16)17)12(11)14(18)19/h1-7,15H,(H,16,17)(H,18,19). The molecule has 96 valence electrons. The van der Waals surface area contributed by atoms with Gasteiger partial charge in [0.1, 0.15) is 11.3 Å². The van der Waals surface area contributed by atoms with E-state index >= 15 is 0 Å². The molecule has 0 radical (unpaired) electrons. The zero-order valence-corrected chi connectivity index (χ0v) is 9.70. The Bertz CT molecular complexity index is 646. The third kappa shape index (κ3) is 2.40. The van der Waals surface area contributed by atoms with Crippen molar-refractivity contribution in [3.8, 4) is 16.9 Å². The summed E-state index contributed by atoms with van der Waals surface area (Å²) in [7, 11) is 0. The van der Waals surface area contributed by atoms with Crippen molar-refractivity contribution in [2.75, 3.05) is 0 Å². The van der Waals surface area contributed by atoms with Crippen molar-refractivity contribution < 1.29 is 24.9 Å². The van der Waals surface area contributed by atoms with Gasteiger partial charge in [-0.1, -0.05) is 30.3 Å². The van der Waals surface area contributed by atoms with Gasteiger partial charge in [0.25, 0.3) is 0 Å². The van der Waals surface area contributed by atoms with Crippen molar-refractivity contribution in [1.82, 2.24) is 0 Å². The fourth-order valence-corrected chi connectivity index (χ4v) is 1.82. The molecule has 2 aromatic rings.